The molecule has 4 heteroatoms. The molecule has 3 aromatic carbocycles. The van der Waals surface area contributed by atoms with Gasteiger partial charge in [0.1, 0.15) is 0 Å². The van der Waals surface area contributed by atoms with Crippen LogP contribution < -0.4 is 15.1 Å². The molecule has 0 saturated carbocycles. The molecule has 0 amide bonds. The topological polar surface area (TPSA) is 38.7 Å². The second-order valence-corrected chi connectivity index (χ2v) is 13.9. The van der Waals surface area contributed by atoms with E-state index in [0.29, 0.717) is 12.4 Å². The van der Waals surface area contributed by atoms with Gasteiger partial charge in [-0.3, -0.25) is 0 Å². The molecule has 0 atom stereocenters. The van der Waals surface area contributed by atoms with Crippen molar-refractivity contribution in [3.63, 3.8) is 0 Å². The fourth-order valence-electron chi connectivity index (χ4n) is 5.25. The summed E-state index contributed by atoms with van der Waals surface area (Å²) in [5, 5.41) is 1.47. The van der Waals surface area contributed by atoms with Crippen LogP contribution in [0, 0.1) is 20.8 Å². The van der Waals surface area contributed by atoms with Gasteiger partial charge in [-0.15, -0.1) is 0 Å². The predicted molar refractivity (Wildman–Crippen MR) is 165 cm³/mol. The van der Waals surface area contributed by atoms with Crippen molar-refractivity contribution in [1.82, 2.24) is 0 Å². The molecule has 3 rings (SSSR count). The normalized spacial score (nSPS) is 12.7. The molecule has 0 aliphatic heterocycles. The van der Waals surface area contributed by atoms with E-state index in [4.69, 9.17) is 9.05 Å². The van der Waals surface area contributed by atoms with Crippen LogP contribution in [-0.4, -0.2) is 11.5 Å². The molecule has 0 aliphatic carbocycles. The summed E-state index contributed by atoms with van der Waals surface area (Å²) in [6.45, 7) is 8.78. The predicted octanol–water partition coefficient (Wildman–Crippen LogP) is 9.26. The van der Waals surface area contributed by atoms with Crippen LogP contribution in [-0.2, 0) is 4.52 Å². The molecule has 0 unspecified atom stereocenters. The van der Waals surface area contributed by atoms with E-state index in [-0.39, 0.29) is 0 Å². The van der Waals surface area contributed by atoms with Crippen molar-refractivity contribution in [2.75, 3.05) is 6.61 Å². The summed E-state index contributed by atoms with van der Waals surface area (Å²) in [6, 6.07) is 23.8. The first-order valence-electron chi connectivity index (χ1n) is 14.7. The van der Waals surface area contributed by atoms with E-state index in [1.807, 2.05) is 93.6 Å². The van der Waals surface area contributed by atoms with Crippen molar-refractivity contribution < 1.29 is 13.9 Å². The third kappa shape index (κ3) is 7.69. The van der Waals surface area contributed by atoms with E-state index in [0.717, 1.165) is 40.1 Å². The monoisotopic (exact) mass is 536 g/mol. The average Bonchev–Trinajstić information content (AvgIpc) is 2.91. The SMILES string of the molecule is CCCCCCCCCCCCCOP(O)(Oc1ccccc1C)(c1ccccc1C)c1ccccc1C. The average molecular weight is 537 g/mol. The molecule has 0 aliphatic rings. The van der Waals surface area contributed by atoms with E-state index >= 15 is 0 Å². The molecular formula is C34H49O3P. The Morgan fingerprint density at radius 2 is 0.974 bits per heavy atom. The van der Waals surface area contributed by atoms with Crippen LogP contribution in [0.3, 0.4) is 0 Å². The maximum atomic E-state index is 13.1. The summed E-state index contributed by atoms with van der Waals surface area (Å²) in [5.74, 6) is 0.651. The van der Waals surface area contributed by atoms with Crippen LogP contribution in [0.5, 0.6) is 5.75 Å². The molecular weight excluding hydrogens is 487 g/mol. The first kappa shape index (κ1) is 30.4. The second kappa shape index (κ2) is 14.8. The number of unbranched alkanes of at least 4 members (excludes halogenated alkanes) is 10. The maximum absolute atomic E-state index is 13.1. The van der Waals surface area contributed by atoms with Crippen molar-refractivity contribution in [3.8, 4) is 5.75 Å². The molecule has 0 heterocycles. The number of hydrogen-bond acceptors (Lipinski definition) is 3. The summed E-state index contributed by atoms with van der Waals surface area (Å²) >= 11 is 0. The van der Waals surface area contributed by atoms with E-state index in [2.05, 4.69) is 6.92 Å². The Labute approximate surface area is 231 Å². The van der Waals surface area contributed by atoms with Gasteiger partial charge in [0.05, 0.1) is 0 Å². The van der Waals surface area contributed by atoms with Crippen LogP contribution in [0.1, 0.15) is 94.2 Å². The first-order chi connectivity index (χ1) is 18.4. The number of benzene rings is 3. The molecule has 1 N–H and O–H groups in total. The Morgan fingerprint density at radius 3 is 1.45 bits per heavy atom. The third-order valence-corrected chi connectivity index (χ3v) is 11.4. The van der Waals surface area contributed by atoms with Gasteiger partial charge in [-0.1, -0.05) is 13.3 Å². The summed E-state index contributed by atoms with van der Waals surface area (Å²) in [4.78, 5) is 13.1. The fraction of sp³-hybridized carbons (Fsp3) is 0.471. The van der Waals surface area contributed by atoms with Gasteiger partial charge in [-0.25, -0.2) is 0 Å². The number of aryl methyl sites for hydroxylation is 3. The van der Waals surface area contributed by atoms with Gasteiger partial charge in [0.25, 0.3) is 0 Å². The van der Waals surface area contributed by atoms with Crippen LogP contribution in [0.25, 0.3) is 0 Å². The van der Waals surface area contributed by atoms with Gasteiger partial charge in [0.2, 0.25) is 0 Å². The Bertz CT molecular complexity index is 1080. The van der Waals surface area contributed by atoms with Crippen molar-refractivity contribution >= 4 is 17.9 Å². The number of rotatable bonds is 17. The number of para-hydroxylation sites is 1. The summed E-state index contributed by atoms with van der Waals surface area (Å²) in [5.41, 5.74) is 2.89. The molecule has 0 aromatic heterocycles. The minimum atomic E-state index is -4.53. The van der Waals surface area contributed by atoms with Crippen LogP contribution in [0.2, 0.25) is 0 Å². The quantitative estimate of drug-likeness (QED) is 0.138. The van der Waals surface area contributed by atoms with Crippen LogP contribution >= 0.6 is 7.28 Å². The fourth-order valence-corrected chi connectivity index (χ4v) is 9.16. The van der Waals surface area contributed by atoms with Crippen LogP contribution in [0.15, 0.2) is 72.8 Å². The van der Waals surface area contributed by atoms with Gasteiger partial charge in [0, 0.05) is 0 Å². The first-order valence-corrected chi connectivity index (χ1v) is 16.7. The third-order valence-electron chi connectivity index (χ3n) is 7.52. The zero-order chi connectivity index (χ0) is 27.3. The van der Waals surface area contributed by atoms with Gasteiger partial charge >= 0.3 is 219 Å². The van der Waals surface area contributed by atoms with E-state index < -0.39 is 7.28 Å². The van der Waals surface area contributed by atoms with Gasteiger partial charge < -0.3 is 0 Å². The Kier molecular flexibility index (Phi) is 11.8. The molecule has 0 bridgehead atoms. The Morgan fingerprint density at radius 1 is 0.553 bits per heavy atom. The minimum absolute atomic E-state index is 0.444. The summed E-state index contributed by atoms with van der Waals surface area (Å²) in [6.07, 6.45) is 13.9. The van der Waals surface area contributed by atoms with E-state index in [9.17, 15) is 4.89 Å². The van der Waals surface area contributed by atoms with E-state index in [1.165, 1.54) is 57.8 Å². The zero-order valence-electron chi connectivity index (χ0n) is 24.1. The molecule has 0 fully saturated rings. The molecule has 38 heavy (non-hydrogen) atoms. The second-order valence-electron chi connectivity index (χ2n) is 10.7. The molecule has 3 nitrogen and oxygen atoms in total. The van der Waals surface area contributed by atoms with E-state index in [1.54, 1.807) is 0 Å². The Hall–Kier alpha value is -2.19. The van der Waals surface area contributed by atoms with Crippen LogP contribution in [0.4, 0.5) is 0 Å². The van der Waals surface area contributed by atoms with Gasteiger partial charge in [0.15, 0.2) is 0 Å². The molecule has 208 valence electrons. The molecule has 3 aromatic rings. The Balaban J connectivity index is 1.79. The van der Waals surface area contributed by atoms with Crippen molar-refractivity contribution in [2.45, 2.75) is 98.3 Å². The number of hydrogen-bond donors (Lipinski definition) is 1. The summed E-state index contributed by atoms with van der Waals surface area (Å²) < 4.78 is 13.6. The van der Waals surface area contributed by atoms with Crippen molar-refractivity contribution in [3.05, 3.63) is 89.5 Å². The zero-order valence-corrected chi connectivity index (χ0v) is 25.0. The standard InChI is InChI=1S/C34H49O3P/c1-5-6-7-8-9-10-11-12-13-14-21-28-36-38(35,33-26-19-16-23-30(33)3,34-27-20-17-24-31(34)4)37-32-25-18-15-22-29(32)2/h15-20,22-27,35H,5-14,21,28H2,1-4H3. The molecule has 0 spiro atoms. The van der Waals surface area contributed by atoms with Crippen molar-refractivity contribution in [2.24, 2.45) is 0 Å². The molecule has 0 radical (unpaired) electrons. The summed E-state index contributed by atoms with van der Waals surface area (Å²) in [7, 11) is -4.53. The van der Waals surface area contributed by atoms with Gasteiger partial charge in [-0.2, -0.15) is 0 Å². The molecule has 0 saturated heterocycles. The van der Waals surface area contributed by atoms with Gasteiger partial charge in [-0.05, 0) is 0 Å². The van der Waals surface area contributed by atoms with Crippen molar-refractivity contribution in [1.29, 1.82) is 0 Å².